The topological polar surface area (TPSA) is 116 Å². The second-order valence-corrected chi connectivity index (χ2v) is 6.28. The molecule has 24 heavy (non-hydrogen) atoms. The first-order chi connectivity index (χ1) is 10.4. The lowest BCUT2D eigenvalue weighted by molar-refractivity contribution is -0.140. The fraction of sp³-hybridized carbons (Fsp3) is 0.929. The van der Waals surface area contributed by atoms with Crippen molar-refractivity contribution in [1.82, 2.24) is 4.90 Å². The second kappa shape index (κ2) is 14.1. The highest BCUT2D eigenvalue weighted by atomic mass is 35.5. The van der Waals surface area contributed by atoms with Crippen LogP contribution in [0.3, 0.4) is 0 Å². The number of carbonyl (C=O) groups is 1. The number of hydrogen-bond acceptors (Lipinski definition) is 6. The number of carboxylic acid groups (broad SMARTS) is 1. The molecule has 0 saturated carbocycles. The van der Waals surface area contributed by atoms with Crippen LogP contribution < -0.4 is 5.73 Å². The number of ether oxygens (including phenoxy) is 1. The van der Waals surface area contributed by atoms with Crippen molar-refractivity contribution in [3.8, 4) is 0 Å². The first-order valence-corrected chi connectivity index (χ1v) is 8.04. The van der Waals surface area contributed by atoms with Gasteiger partial charge in [0.15, 0.2) is 0 Å². The third kappa shape index (κ3) is 10.7. The SMILES string of the molecule is CC(CCB(O)O)CCC(CN1CCOCC1)C(N)C(=O)O.Cl.Cl. The van der Waals surface area contributed by atoms with Crippen LogP contribution in [0.1, 0.15) is 26.2 Å². The molecule has 1 rings (SSSR count). The number of halogens is 2. The highest BCUT2D eigenvalue weighted by molar-refractivity contribution is 6.40. The van der Waals surface area contributed by atoms with Gasteiger partial charge in [-0.05, 0) is 24.6 Å². The van der Waals surface area contributed by atoms with Crippen LogP contribution >= 0.6 is 24.8 Å². The molecular formula is C14H31BCl2N2O5. The van der Waals surface area contributed by atoms with E-state index in [0.29, 0.717) is 38.4 Å². The lowest BCUT2D eigenvalue weighted by Gasteiger charge is -2.32. The van der Waals surface area contributed by atoms with E-state index in [1.165, 1.54) is 0 Å². The molecule has 1 heterocycles. The third-order valence-electron chi connectivity index (χ3n) is 4.34. The lowest BCUT2D eigenvalue weighted by Crippen LogP contribution is -2.47. The average molecular weight is 389 g/mol. The van der Waals surface area contributed by atoms with E-state index < -0.39 is 19.1 Å². The maximum atomic E-state index is 11.2. The Hall–Kier alpha value is -0.0851. The molecule has 1 saturated heterocycles. The van der Waals surface area contributed by atoms with Crippen LogP contribution in [0.4, 0.5) is 0 Å². The molecule has 0 aromatic heterocycles. The molecular weight excluding hydrogens is 358 g/mol. The van der Waals surface area contributed by atoms with Crippen LogP contribution in [-0.4, -0.2) is 72.0 Å². The largest absolute Gasteiger partial charge is 0.480 e. The van der Waals surface area contributed by atoms with Gasteiger partial charge in [0.25, 0.3) is 0 Å². The summed E-state index contributed by atoms with van der Waals surface area (Å²) >= 11 is 0. The summed E-state index contributed by atoms with van der Waals surface area (Å²) in [5.74, 6) is -0.747. The van der Waals surface area contributed by atoms with Gasteiger partial charge in [0.1, 0.15) is 6.04 Å². The number of nitrogens with two attached hydrogens (primary N) is 1. The number of morpholine rings is 1. The van der Waals surface area contributed by atoms with E-state index in [1.807, 2.05) is 6.92 Å². The summed E-state index contributed by atoms with van der Waals surface area (Å²) in [6, 6.07) is -0.863. The van der Waals surface area contributed by atoms with Gasteiger partial charge in [-0.2, -0.15) is 0 Å². The minimum Gasteiger partial charge on any atom is -0.480 e. The molecule has 0 amide bonds. The minimum atomic E-state index is -1.27. The standard InChI is InChI=1S/C14H29BN2O5.2ClH/c1-11(4-5-15(20)21)2-3-12(13(16)14(18)19)10-17-6-8-22-9-7-17;;/h11-13,20-21H,2-10,16H2,1H3,(H,18,19);2*1H. The smallest absolute Gasteiger partial charge is 0.451 e. The molecule has 0 spiro atoms. The van der Waals surface area contributed by atoms with Gasteiger partial charge in [0.05, 0.1) is 13.2 Å². The van der Waals surface area contributed by atoms with E-state index in [-0.39, 0.29) is 30.7 Å². The molecule has 144 valence electrons. The molecule has 3 atom stereocenters. The molecule has 1 aliphatic rings. The first kappa shape index (κ1) is 26.1. The molecule has 0 radical (unpaired) electrons. The quantitative estimate of drug-likeness (QED) is 0.402. The fourth-order valence-electron chi connectivity index (χ4n) is 2.78. The van der Waals surface area contributed by atoms with Crippen LogP contribution in [-0.2, 0) is 9.53 Å². The first-order valence-electron chi connectivity index (χ1n) is 8.04. The van der Waals surface area contributed by atoms with Crippen LogP contribution in [0.15, 0.2) is 0 Å². The molecule has 3 unspecified atom stereocenters. The van der Waals surface area contributed by atoms with E-state index in [2.05, 4.69) is 4.90 Å². The predicted octanol–water partition coefficient (Wildman–Crippen LogP) is 0.470. The van der Waals surface area contributed by atoms with Gasteiger partial charge in [0.2, 0.25) is 0 Å². The van der Waals surface area contributed by atoms with E-state index in [0.717, 1.165) is 25.9 Å². The molecule has 0 aromatic carbocycles. The van der Waals surface area contributed by atoms with Crippen molar-refractivity contribution in [3.63, 3.8) is 0 Å². The highest BCUT2D eigenvalue weighted by Gasteiger charge is 2.27. The van der Waals surface area contributed by atoms with Gasteiger partial charge in [0, 0.05) is 19.6 Å². The van der Waals surface area contributed by atoms with Crippen molar-refractivity contribution in [2.24, 2.45) is 17.6 Å². The lowest BCUT2D eigenvalue weighted by atomic mass is 9.79. The van der Waals surface area contributed by atoms with Crippen LogP contribution in [0, 0.1) is 11.8 Å². The number of nitrogens with zero attached hydrogens (tertiary/aromatic N) is 1. The number of aliphatic carboxylic acids is 1. The van der Waals surface area contributed by atoms with E-state index >= 15 is 0 Å². The minimum absolute atomic E-state index is 0. The van der Waals surface area contributed by atoms with Crippen molar-refractivity contribution in [3.05, 3.63) is 0 Å². The summed E-state index contributed by atoms with van der Waals surface area (Å²) in [6.45, 7) is 5.70. The normalized spacial score (nSPS) is 18.7. The Morgan fingerprint density at radius 1 is 1.21 bits per heavy atom. The van der Waals surface area contributed by atoms with Crippen molar-refractivity contribution >= 4 is 37.9 Å². The Morgan fingerprint density at radius 2 is 1.79 bits per heavy atom. The Bertz CT molecular complexity index is 336. The molecule has 10 heteroatoms. The van der Waals surface area contributed by atoms with Crippen LogP contribution in [0.25, 0.3) is 0 Å². The zero-order chi connectivity index (χ0) is 16.5. The molecule has 0 aromatic rings. The molecule has 1 aliphatic heterocycles. The zero-order valence-corrected chi connectivity index (χ0v) is 15.8. The summed E-state index contributed by atoms with van der Waals surface area (Å²) < 4.78 is 5.31. The summed E-state index contributed by atoms with van der Waals surface area (Å²) in [6.07, 6.45) is 2.63. The van der Waals surface area contributed by atoms with E-state index in [9.17, 15) is 9.90 Å². The van der Waals surface area contributed by atoms with Crippen molar-refractivity contribution in [1.29, 1.82) is 0 Å². The Kier molecular flexibility index (Phi) is 15.4. The van der Waals surface area contributed by atoms with Crippen molar-refractivity contribution in [2.75, 3.05) is 32.8 Å². The van der Waals surface area contributed by atoms with Crippen LogP contribution in [0.2, 0.25) is 6.32 Å². The number of rotatable bonds is 10. The maximum absolute atomic E-state index is 11.2. The number of hydrogen-bond donors (Lipinski definition) is 4. The van der Waals surface area contributed by atoms with E-state index in [4.69, 9.17) is 20.5 Å². The summed E-state index contributed by atoms with van der Waals surface area (Å²) in [4.78, 5) is 13.4. The van der Waals surface area contributed by atoms with Gasteiger partial charge in [-0.25, -0.2) is 0 Å². The van der Waals surface area contributed by atoms with Gasteiger partial charge < -0.3 is 25.6 Å². The highest BCUT2D eigenvalue weighted by Crippen LogP contribution is 2.21. The fourth-order valence-corrected chi connectivity index (χ4v) is 2.78. The van der Waals surface area contributed by atoms with Gasteiger partial charge in [-0.15, -0.1) is 24.8 Å². The van der Waals surface area contributed by atoms with Gasteiger partial charge in [-0.1, -0.05) is 19.8 Å². The zero-order valence-electron chi connectivity index (χ0n) is 14.2. The van der Waals surface area contributed by atoms with Crippen molar-refractivity contribution in [2.45, 2.75) is 38.5 Å². The molecule has 5 N–H and O–H groups in total. The summed E-state index contributed by atoms with van der Waals surface area (Å²) in [5, 5.41) is 27.0. The average Bonchev–Trinajstić information content (AvgIpc) is 2.49. The summed E-state index contributed by atoms with van der Waals surface area (Å²) in [5.41, 5.74) is 5.85. The monoisotopic (exact) mass is 388 g/mol. The van der Waals surface area contributed by atoms with Crippen LogP contribution in [0.5, 0.6) is 0 Å². The number of carboxylic acids is 1. The Balaban J connectivity index is 0. The van der Waals surface area contributed by atoms with Crippen molar-refractivity contribution < 1.29 is 24.7 Å². The van der Waals surface area contributed by atoms with Gasteiger partial charge >= 0.3 is 13.1 Å². The molecule has 1 fully saturated rings. The second-order valence-electron chi connectivity index (χ2n) is 6.28. The molecule has 0 aliphatic carbocycles. The maximum Gasteiger partial charge on any atom is 0.451 e. The Morgan fingerprint density at radius 3 is 2.29 bits per heavy atom. The van der Waals surface area contributed by atoms with Gasteiger partial charge in [-0.3, -0.25) is 9.69 Å². The molecule has 0 bridgehead atoms. The Labute approximate surface area is 156 Å². The summed E-state index contributed by atoms with van der Waals surface area (Å²) in [7, 11) is -1.27. The predicted molar refractivity (Wildman–Crippen MR) is 98.9 cm³/mol. The van der Waals surface area contributed by atoms with E-state index in [1.54, 1.807) is 0 Å². The third-order valence-corrected chi connectivity index (χ3v) is 4.34. The molecule has 7 nitrogen and oxygen atoms in total.